The summed E-state index contributed by atoms with van der Waals surface area (Å²) < 4.78 is 11.3. The van der Waals surface area contributed by atoms with Crippen molar-refractivity contribution in [3.8, 4) is 11.5 Å². The summed E-state index contributed by atoms with van der Waals surface area (Å²) in [6.07, 6.45) is 0.854. The molecule has 0 aromatic heterocycles. The van der Waals surface area contributed by atoms with Crippen molar-refractivity contribution in [3.05, 3.63) is 52.5 Å². The van der Waals surface area contributed by atoms with E-state index >= 15 is 0 Å². The van der Waals surface area contributed by atoms with E-state index in [9.17, 15) is 4.79 Å². The molecule has 0 aliphatic carbocycles. The minimum Gasteiger partial charge on any atom is -0.490 e. The van der Waals surface area contributed by atoms with E-state index in [2.05, 4.69) is 10.6 Å². The maximum Gasteiger partial charge on any atom is 0.255 e. The van der Waals surface area contributed by atoms with E-state index in [1.807, 2.05) is 45.0 Å². The third kappa shape index (κ3) is 5.88. The number of carbonyl (C=O) groups excluding carboxylic acids is 1. The first-order valence-electron chi connectivity index (χ1n) is 9.29. The van der Waals surface area contributed by atoms with Crippen molar-refractivity contribution in [2.24, 2.45) is 0 Å². The third-order valence-corrected chi connectivity index (χ3v) is 4.13. The van der Waals surface area contributed by atoms with Crippen LogP contribution in [0.5, 0.6) is 11.5 Å². The highest BCUT2D eigenvalue weighted by atomic mass is 35.5. The number of halogens is 1. The van der Waals surface area contributed by atoms with Gasteiger partial charge in [0.2, 0.25) is 0 Å². The molecule has 0 heterocycles. The first-order valence-corrected chi connectivity index (χ1v) is 9.67. The van der Waals surface area contributed by atoms with Crippen LogP contribution in [0.1, 0.15) is 43.1 Å². The van der Waals surface area contributed by atoms with Crippen LogP contribution in [0.25, 0.3) is 0 Å². The Morgan fingerprint density at radius 3 is 2.59 bits per heavy atom. The van der Waals surface area contributed by atoms with Crippen molar-refractivity contribution in [2.45, 2.75) is 33.7 Å². The van der Waals surface area contributed by atoms with Gasteiger partial charge in [-0.05, 0) is 43.7 Å². The van der Waals surface area contributed by atoms with Crippen molar-refractivity contribution in [2.75, 3.05) is 25.1 Å². The summed E-state index contributed by atoms with van der Waals surface area (Å²) in [6, 6.07) is 11.0. The van der Waals surface area contributed by atoms with Gasteiger partial charge in [-0.3, -0.25) is 4.79 Å². The molecule has 0 aliphatic rings. The maximum absolute atomic E-state index is 12.8. The van der Waals surface area contributed by atoms with Gasteiger partial charge in [0.25, 0.3) is 5.91 Å². The number of hydrogen-bond acceptors (Lipinski definition) is 4. The molecule has 6 heteroatoms. The summed E-state index contributed by atoms with van der Waals surface area (Å²) in [6.45, 7) is 8.46. The van der Waals surface area contributed by atoms with Crippen molar-refractivity contribution >= 4 is 23.2 Å². The molecule has 27 heavy (non-hydrogen) atoms. The Morgan fingerprint density at radius 2 is 1.89 bits per heavy atom. The Hall–Kier alpha value is -2.24. The number of ether oxygens (including phenoxy) is 2. The van der Waals surface area contributed by atoms with Gasteiger partial charge in [0.15, 0.2) is 11.5 Å². The first-order chi connectivity index (χ1) is 13.1. The molecule has 146 valence electrons. The topological polar surface area (TPSA) is 59.6 Å². The highest BCUT2D eigenvalue weighted by molar-refractivity contribution is 6.32. The molecular weight excluding hydrogens is 364 g/mol. The maximum atomic E-state index is 12.8. The summed E-state index contributed by atoms with van der Waals surface area (Å²) in [7, 11) is 0. The van der Waals surface area contributed by atoms with Gasteiger partial charge in [0.1, 0.15) is 0 Å². The zero-order chi connectivity index (χ0) is 19.6. The highest BCUT2D eigenvalue weighted by Crippen LogP contribution is 2.37. The summed E-state index contributed by atoms with van der Waals surface area (Å²) in [5.74, 6) is 0.706. The predicted octanol–water partition coefficient (Wildman–Crippen LogP) is 4.89. The molecule has 0 radical (unpaired) electrons. The Labute approximate surface area is 166 Å². The van der Waals surface area contributed by atoms with Gasteiger partial charge >= 0.3 is 0 Å². The monoisotopic (exact) mass is 390 g/mol. The van der Waals surface area contributed by atoms with E-state index in [4.69, 9.17) is 21.1 Å². The molecule has 0 unspecified atom stereocenters. The van der Waals surface area contributed by atoms with E-state index in [0.29, 0.717) is 41.8 Å². The van der Waals surface area contributed by atoms with Gasteiger partial charge in [-0.25, -0.2) is 0 Å². The zero-order valence-electron chi connectivity index (χ0n) is 16.1. The van der Waals surface area contributed by atoms with Gasteiger partial charge in [0, 0.05) is 17.8 Å². The van der Waals surface area contributed by atoms with Crippen LogP contribution in [-0.2, 0) is 6.54 Å². The van der Waals surface area contributed by atoms with Gasteiger partial charge in [-0.15, -0.1) is 0 Å². The molecule has 0 atom stereocenters. The normalized spacial score (nSPS) is 10.5. The number of carbonyl (C=O) groups is 1. The van der Waals surface area contributed by atoms with Crippen LogP contribution in [-0.4, -0.2) is 25.7 Å². The quantitative estimate of drug-likeness (QED) is 0.606. The number of para-hydroxylation sites is 1. The van der Waals surface area contributed by atoms with Crippen LogP contribution in [0.2, 0.25) is 5.02 Å². The van der Waals surface area contributed by atoms with E-state index < -0.39 is 0 Å². The largest absolute Gasteiger partial charge is 0.490 e. The third-order valence-electron chi connectivity index (χ3n) is 3.85. The summed E-state index contributed by atoms with van der Waals surface area (Å²) >= 11 is 6.36. The van der Waals surface area contributed by atoms with E-state index in [-0.39, 0.29) is 5.91 Å². The SMILES string of the molecule is CCCOc1c(Cl)cc(C(=O)Nc2ccccc2CNCC)cc1OCC. The van der Waals surface area contributed by atoms with Crippen LogP contribution >= 0.6 is 11.6 Å². The van der Waals surface area contributed by atoms with Gasteiger partial charge in [-0.2, -0.15) is 0 Å². The van der Waals surface area contributed by atoms with Crippen LogP contribution in [0, 0.1) is 0 Å². The van der Waals surface area contributed by atoms with Gasteiger partial charge in [-0.1, -0.05) is 43.6 Å². The second-order valence-corrected chi connectivity index (χ2v) is 6.37. The van der Waals surface area contributed by atoms with Crippen molar-refractivity contribution < 1.29 is 14.3 Å². The van der Waals surface area contributed by atoms with Crippen LogP contribution < -0.4 is 20.1 Å². The number of nitrogens with one attached hydrogen (secondary N) is 2. The number of benzene rings is 2. The van der Waals surface area contributed by atoms with Gasteiger partial charge in [0.05, 0.1) is 18.2 Å². The van der Waals surface area contributed by atoms with Crippen molar-refractivity contribution in [1.29, 1.82) is 0 Å². The lowest BCUT2D eigenvalue weighted by atomic mass is 10.1. The molecule has 0 saturated heterocycles. The second kappa shape index (κ2) is 10.8. The number of amides is 1. The standard InChI is InChI=1S/C21H27ClN2O3/c1-4-11-27-20-17(22)12-16(13-19(20)26-6-3)21(25)24-18-10-8-7-9-15(18)14-23-5-2/h7-10,12-13,23H,4-6,11,14H2,1-3H3,(H,24,25). The lowest BCUT2D eigenvalue weighted by molar-refractivity contribution is 0.102. The highest BCUT2D eigenvalue weighted by Gasteiger charge is 2.17. The minimum absolute atomic E-state index is 0.246. The predicted molar refractivity (Wildman–Crippen MR) is 110 cm³/mol. The summed E-state index contributed by atoms with van der Waals surface area (Å²) in [5.41, 5.74) is 2.21. The lowest BCUT2D eigenvalue weighted by Crippen LogP contribution is -2.17. The zero-order valence-corrected chi connectivity index (χ0v) is 16.9. The fourth-order valence-electron chi connectivity index (χ4n) is 2.56. The Morgan fingerprint density at radius 1 is 1.11 bits per heavy atom. The fourth-order valence-corrected chi connectivity index (χ4v) is 2.82. The minimum atomic E-state index is -0.246. The van der Waals surface area contributed by atoms with Crippen LogP contribution in [0.3, 0.4) is 0 Å². The molecule has 0 spiro atoms. The lowest BCUT2D eigenvalue weighted by Gasteiger charge is -2.16. The van der Waals surface area contributed by atoms with E-state index in [1.54, 1.807) is 12.1 Å². The number of hydrogen-bond donors (Lipinski definition) is 2. The molecule has 5 nitrogen and oxygen atoms in total. The van der Waals surface area contributed by atoms with Crippen LogP contribution in [0.15, 0.2) is 36.4 Å². The molecule has 0 bridgehead atoms. The van der Waals surface area contributed by atoms with E-state index in [1.165, 1.54) is 0 Å². The van der Waals surface area contributed by atoms with Crippen molar-refractivity contribution in [3.63, 3.8) is 0 Å². The fraction of sp³-hybridized carbons (Fsp3) is 0.381. The molecule has 2 aromatic rings. The summed E-state index contributed by atoms with van der Waals surface area (Å²) in [4.78, 5) is 12.8. The van der Waals surface area contributed by atoms with E-state index in [0.717, 1.165) is 24.2 Å². The smallest absolute Gasteiger partial charge is 0.255 e. The Bertz CT molecular complexity index is 765. The van der Waals surface area contributed by atoms with Crippen molar-refractivity contribution in [1.82, 2.24) is 5.32 Å². The Kier molecular flexibility index (Phi) is 8.43. The first kappa shape index (κ1) is 21.1. The number of rotatable bonds is 10. The number of anilines is 1. The Balaban J connectivity index is 2.26. The molecule has 2 N–H and O–H groups in total. The molecule has 0 aliphatic heterocycles. The molecule has 2 aromatic carbocycles. The summed E-state index contributed by atoms with van der Waals surface area (Å²) in [5, 5.41) is 6.59. The van der Waals surface area contributed by atoms with Gasteiger partial charge < -0.3 is 20.1 Å². The average molecular weight is 391 g/mol. The molecule has 2 rings (SSSR count). The molecular formula is C21H27ClN2O3. The molecule has 0 fully saturated rings. The van der Waals surface area contributed by atoms with Crippen LogP contribution in [0.4, 0.5) is 5.69 Å². The average Bonchev–Trinajstić information content (AvgIpc) is 2.66. The second-order valence-electron chi connectivity index (χ2n) is 5.96. The molecule has 0 saturated carbocycles. The molecule has 1 amide bonds.